The molecule has 2 aromatic carbocycles. The molecule has 0 unspecified atom stereocenters. The second kappa shape index (κ2) is 9.46. The van der Waals surface area contributed by atoms with E-state index >= 15 is 0 Å². The summed E-state index contributed by atoms with van der Waals surface area (Å²) in [6, 6.07) is 9.91. The SMILES string of the molecule is O=C(c1cc(F)ccc1F)C1CCN(C(=O)COc2ccc(N3CCCC3=O)cc2)CC1. The van der Waals surface area contributed by atoms with Crippen molar-refractivity contribution in [2.24, 2.45) is 5.92 Å². The first-order chi connectivity index (χ1) is 15.4. The predicted molar refractivity (Wildman–Crippen MR) is 114 cm³/mol. The summed E-state index contributed by atoms with van der Waals surface area (Å²) in [5.41, 5.74) is 0.574. The number of benzene rings is 2. The summed E-state index contributed by atoms with van der Waals surface area (Å²) in [4.78, 5) is 40.2. The van der Waals surface area contributed by atoms with Crippen LogP contribution in [-0.4, -0.2) is 48.7 Å². The second-order valence-electron chi connectivity index (χ2n) is 8.07. The number of carbonyl (C=O) groups excluding carboxylic acids is 3. The molecular formula is C24H24F2N2O4. The summed E-state index contributed by atoms with van der Waals surface area (Å²) in [5.74, 6) is -1.83. The monoisotopic (exact) mass is 442 g/mol. The van der Waals surface area contributed by atoms with E-state index in [2.05, 4.69) is 0 Å². The van der Waals surface area contributed by atoms with Gasteiger partial charge in [0.05, 0.1) is 5.56 Å². The Hall–Kier alpha value is -3.29. The van der Waals surface area contributed by atoms with Crippen molar-refractivity contribution in [1.29, 1.82) is 0 Å². The van der Waals surface area contributed by atoms with E-state index in [4.69, 9.17) is 4.74 Å². The summed E-state index contributed by atoms with van der Waals surface area (Å²) >= 11 is 0. The number of amides is 2. The van der Waals surface area contributed by atoms with Gasteiger partial charge >= 0.3 is 0 Å². The number of ketones is 1. The van der Waals surface area contributed by atoms with Crippen LogP contribution in [0.3, 0.4) is 0 Å². The summed E-state index contributed by atoms with van der Waals surface area (Å²) in [6.07, 6.45) is 2.19. The van der Waals surface area contributed by atoms with E-state index in [-0.39, 0.29) is 24.0 Å². The van der Waals surface area contributed by atoms with Crippen LogP contribution in [-0.2, 0) is 9.59 Å². The molecule has 0 N–H and O–H groups in total. The molecular weight excluding hydrogens is 418 g/mol. The Morgan fingerprint density at radius 2 is 1.72 bits per heavy atom. The number of carbonyl (C=O) groups is 3. The number of Topliss-reactive ketones (excluding diaryl/α,β-unsaturated/α-hetero) is 1. The van der Waals surface area contributed by atoms with E-state index in [0.717, 1.165) is 30.3 Å². The van der Waals surface area contributed by atoms with E-state index in [1.807, 2.05) is 0 Å². The molecule has 0 aliphatic carbocycles. The number of hydrogen-bond donors (Lipinski definition) is 0. The molecule has 0 saturated carbocycles. The number of anilines is 1. The molecule has 2 aromatic rings. The van der Waals surface area contributed by atoms with Crippen LogP contribution in [0.15, 0.2) is 42.5 Å². The maximum Gasteiger partial charge on any atom is 0.260 e. The molecule has 168 valence electrons. The normalized spacial score (nSPS) is 17.0. The number of piperidine rings is 1. The van der Waals surface area contributed by atoms with Gasteiger partial charge in [0, 0.05) is 37.7 Å². The highest BCUT2D eigenvalue weighted by molar-refractivity contribution is 5.98. The molecule has 0 atom stereocenters. The maximum absolute atomic E-state index is 13.9. The molecule has 2 aliphatic rings. The quantitative estimate of drug-likeness (QED) is 0.642. The number of rotatable bonds is 6. The Morgan fingerprint density at radius 1 is 1.00 bits per heavy atom. The van der Waals surface area contributed by atoms with E-state index < -0.39 is 23.3 Å². The minimum Gasteiger partial charge on any atom is -0.484 e. The van der Waals surface area contributed by atoms with Crippen molar-refractivity contribution >= 4 is 23.3 Å². The molecule has 2 aliphatic heterocycles. The van der Waals surface area contributed by atoms with Crippen LogP contribution in [0.1, 0.15) is 36.0 Å². The number of likely N-dealkylation sites (tertiary alicyclic amines) is 1. The average Bonchev–Trinajstić information content (AvgIpc) is 3.25. The predicted octanol–water partition coefficient (Wildman–Crippen LogP) is 3.59. The van der Waals surface area contributed by atoms with Crippen LogP contribution in [0.4, 0.5) is 14.5 Å². The average molecular weight is 442 g/mol. The van der Waals surface area contributed by atoms with Gasteiger partial charge in [-0.25, -0.2) is 8.78 Å². The lowest BCUT2D eigenvalue weighted by atomic mass is 9.88. The third-order valence-electron chi connectivity index (χ3n) is 6.00. The van der Waals surface area contributed by atoms with Crippen LogP contribution < -0.4 is 9.64 Å². The minimum absolute atomic E-state index is 0.107. The Morgan fingerprint density at radius 3 is 2.38 bits per heavy atom. The summed E-state index contributed by atoms with van der Waals surface area (Å²) in [5, 5.41) is 0. The lowest BCUT2D eigenvalue weighted by molar-refractivity contribution is -0.134. The van der Waals surface area contributed by atoms with Gasteiger partial charge in [-0.05, 0) is 61.7 Å². The highest BCUT2D eigenvalue weighted by Crippen LogP contribution is 2.25. The van der Waals surface area contributed by atoms with E-state index in [0.29, 0.717) is 44.6 Å². The molecule has 32 heavy (non-hydrogen) atoms. The van der Waals surface area contributed by atoms with Gasteiger partial charge in [0.25, 0.3) is 5.91 Å². The smallest absolute Gasteiger partial charge is 0.260 e. The van der Waals surface area contributed by atoms with Gasteiger partial charge in [0.2, 0.25) is 5.91 Å². The fourth-order valence-corrected chi connectivity index (χ4v) is 4.18. The van der Waals surface area contributed by atoms with Crippen LogP contribution in [0.25, 0.3) is 0 Å². The van der Waals surface area contributed by atoms with Crippen LogP contribution in [0.2, 0.25) is 0 Å². The second-order valence-corrected chi connectivity index (χ2v) is 8.07. The molecule has 0 radical (unpaired) electrons. The first-order valence-corrected chi connectivity index (χ1v) is 10.7. The first-order valence-electron chi connectivity index (χ1n) is 10.7. The van der Waals surface area contributed by atoms with Gasteiger partial charge in [-0.3, -0.25) is 14.4 Å². The zero-order valence-corrected chi connectivity index (χ0v) is 17.6. The Balaban J connectivity index is 1.26. The molecule has 8 heteroatoms. The number of nitrogens with zero attached hydrogens (tertiary/aromatic N) is 2. The summed E-state index contributed by atoms with van der Waals surface area (Å²) < 4.78 is 32.9. The van der Waals surface area contributed by atoms with Crippen molar-refractivity contribution in [2.75, 3.05) is 31.1 Å². The molecule has 2 amide bonds. The van der Waals surface area contributed by atoms with Crippen molar-refractivity contribution in [3.8, 4) is 5.75 Å². The fraction of sp³-hybridized carbons (Fsp3) is 0.375. The van der Waals surface area contributed by atoms with Crippen molar-refractivity contribution in [3.05, 3.63) is 59.7 Å². The van der Waals surface area contributed by atoms with Crippen molar-refractivity contribution in [2.45, 2.75) is 25.7 Å². The molecule has 0 aromatic heterocycles. The Kier molecular flexibility index (Phi) is 6.48. The van der Waals surface area contributed by atoms with Gasteiger partial charge in [-0.15, -0.1) is 0 Å². The Bertz CT molecular complexity index is 1020. The topological polar surface area (TPSA) is 66.9 Å². The van der Waals surface area contributed by atoms with Crippen molar-refractivity contribution in [3.63, 3.8) is 0 Å². The number of ether oxygens (including phenoxy) is 1. The molecule has 2 fully saturated rings. The van der Waals surface area contributed by atoms with E-state index in [1.165, 1.54) is 0 Å². The molecule has 0 spiro atoms. The highest BCUT2D eigenvalue weighted by atomic mass is 19.1. The van der Waals surface area contributed by atoms with Gasteiger partial charge < -0.3 is 14.5 Å². The van der Waals surface area contributed by atoms with E-state index in [1.54, 1.807) is 34.1 Å². The summed E-state index contributed by atoms with van der Waals surface area (Å²) in [7, 11) is 0. The largest absolute Gasteiger partial charge is 0.484 e. The first kappa shape index (κ1) is 21.9. The van der Waals surface area contributed by atoms with Gasteiger partial charge in [-0.2, -0.15) is 0 Å². The van der Waals surface area contributed by atoms with Crippen molar-refractivity contribution in [1.82, 2.24) is 4.90 Å². The lowest BCUT2D eigenvalue weighted by Gasteiger charge is -2.31. The van der Waals surface area contributed by atoms with Crippen LogP contribution in [0.5, 0.6) is 5.75 Å². The molecule has 0 bridgehead atoms. The van der Waals surface area contributed by atoms with Gasteiger partial charge in [0.1, 0.15) is 17.4 Å². The van der Waals surface area contributed by atoms with Crippen LogP contribution >= 0.6 is 0 Å². The summed E-state index contributed by atoms with van der Waals surface area (Å²) in [6.45, 7) is 1.28. The fourth-order valence-electron chi connectivity index (χ4n) is 4.18. The van der Waals surface area contributed by atoms with Gasteiger partial charge in [0.15, 0.2) is 12.4 Å². The van der Waals surface area contributed by atoms with Gasteiger partial charge in [-0.1, -0.05) is 0 Å². The third-order valence-corrected chi connectivity index (χ3v) is 6.00. The molecule has 6 nitrogen and oxygen atoms in total. The molecule has 2 heterocycles. The third kappa shape index (κ3) is 4.79. The zero-order chi connectivity index (χ0) is 22.7. The number of hydrogen-bond acceptors (Lipinski definition) is 4. The van der Waals surface area contributed by atoms with E-state index in [9.17, 15) is 23.2 Å². The van der Waals surface area contributed by atoms with Crippen LogP contribution in [0, 0.1) is 17.6 Å². The number of halogens is 2. The molecule has 4 rings (SSSR count). The lowest BCUT2D eigenvalue weighted by Crippen LogP contribution is -2.42. The van der Waals surface area contributed by atoms with Crippen molar-refractivity contribution < 1.29 is 27.9 Å². The molecule has 2 saturated heterocycles. The minimum atomic E-state index is -0.733. The maximum atomic E-state index is 13.9. The Labute approximate surface area is 184 Å². The standard InChI is InChI=1S/C24H24F2N2O4/c25-17-3-8-21(26)20(14-17)24(31)16-9-12-27(13-10-16)23(30)15-32-19-6-4-18(5-7-19)28-11-1-2-22(28)29/h3-8,14,16H,1-2,9-13,15H2. The highest BCUT2D eigenvalue weighted by Gasteiger charge is 2.29. The zero-order valence-electron chi connectivity index (χ0n) is 17.6.